The van der Waals surface area contributed by atoms with Gasteiger partial charge in [0, 0.05) is 32.3 Å². The number of methoxy groups -OCH3 is 2. The molecule has 7 nitrogen and oxygen atoms in total. The van der Waals surface area contributed by atoms with Crippen molar-refractivity contribution in [1.82, 2.24) is 9.21 Å². The zero-order valence-corrected chi connectivity index (χ0v) is 17.6. The summed E-state index contributed by atoms with van der Waals surface area (Å²) in [5.41, 5.74) is 0.530. The first-order chi connectivity index (χ1) is 14.3. The van der Waals surface area contributed by atoms with Crippen LogP contribution < -0.4 is 9.47 Å². The molecule has 0 radical (unpaired) electrons. The van der Waals surface area contributed by atoms with E-state index in [9.17, 15) is 17.6 Å². The molecule has 0 aromatic heterocycles. The van der Waals surface area contributed by atoms with Gasteiger partial charge in [0.15, 0.2) is 11.6 Å². The first-order valence-electron chi connectivity index (χ1n) is 9.30. The largest absolute Gasteiger partial charge is 0.497 e. The minimum absolute atomic E-state index is 0.132. The second kappa shape index (κ2) is 9.27. The quantitative estimate of drug-likeness (QED) is 0.653. The molecule has 0 spiro atoms. The molecule has 0 N–H and O–H groups in total. The van der Waals surface area contributed by atoms with Crippen LogP contribution in [0.4, 0.5) is 4.39 Å². The second-order valence-electron chi connectivity index (χ2n) is 6.63. The lowest BCUT2D eigenvalue weighted by atomic mass is 10.2. The first-order valence-corrected chi connectivity index (χ1v) is 10.7. The van der Waals surface area contributed by atoms with Gasteiger partial charge in [0.1, 0.15) is 5.75 Å². The maximum Gasteiger partial charge on any atom is 0.246 e. The lowest BCUT2D eigenvalue weighted by Crippen LogP contribution is -2.50. The van der Waals surface area contributed by atoms with E-state index in [1.807, 2.05) is 0 Å². The number of benzene rings is 2. The summed E-state index contributed by atoms with van der Waals surface area (Å²) in [5, 5.41) is 0. The molecule has 160 valence electrons. The molecule has 1 saturated heterocycles. The Kier molecular flexibility index (Phi) is 6.73. The van der Waals surface area contributed by atoms with Gasteiger partial charge in [0.25, 0.3) is 0 Å². The average Bonchev–Trinajstić information content (AvgIpc) is 2.77. The molecule has 30 heavy (non-hydrogen) atoms. The Morgan fingerprint density at radius 2 is 1.67 bits per heavy atom. The summed E-state index contributed by atoms with van der Waals surface area (Å²) in [6.07, 6.45) is 2.88. The van der Waals surface area contributed by atoms with E-state index in [0.29, 0.717) is 11.3 Å². The molecule has 0 unspecified atom stereocenters. The van der Waals surface area contributed by atoms with Crippen LogP contribution in [-0.2, 0) is 14.8 Å². The number of piperazine rings is 1. The van der Waals surface area contributed by atoms with Gasteiger partial charge >= 0.3 is 0 Å². The summed E-state index contributed by atoms with van der Waals surface area (Å²) in [6, 6.07) is 10.6. The minimum atomic E-state index is -3.63. The molecule has 0 saturated carbocycles. The molecule has 0 atom stereocenters. The topological polar surface area (TPSA) is 76.2 Å². The number of halogens is 1. The van der Waals surface area contributed by atoms with Crippen LogP contribution in [-0.4, -0.2) is 63.9 Å². The second-order valence-corrected chi connectivity index (χ2v) is 8.57. The summed E-state index contributed by atoms with van der Waals surface area (Å²) < 4.78 is 50.6. The van der Waals surface area contributed by atoms with Crippen molar-refractivity contribution in [1.29, 1.82) is 0 Å². The Hall–Kier alpha value is -2.91. The van der Waals surface area contributed by atoms with Crippen LogP contribution in [0.5, 0.6) is 11.5 Å². The molecule has 2 aromatic carbocycles. The normalized spacial score (nSPS) is 15.4. The summed E-state index contributed by atoms with van der Waals surface area (Å²) >= 11 is 0. The van der Waals surface area contributed by atoms with E-state index in [2.05, 4.69) is 0 Å². The van der Waals surface area contributed by atoms with Crippen LogP contribution in [0.2, 0.25) is 0 Å². The predicted octanol–water partition coefficient (Wildman–Crippen LogP) is 2.39. The van der Waals surface area contributed by atoms with Crippen LogP contribution in [0.3, 0.4) is 0 Å². The SMILES string of the molecule is COc1ccc(S(=O)(=O)N2CCN(C(=O)/C=C/c3ccc(OC)c(F)c3)CC2)cc1. The lowest BCUT2D eigenvalue weighted by Gasteiger charge is -2.33. The Labute approximate surface area is 175 Å². The number of carbonyl (C=O) groups is 1. The molecule has 1 heterocycles. The van der Waals surface area contributed by atoms with Crippen molar-refractivity contribution in [3.05, 3.63) is 59.9 Å². The maximum atomic E-state index is 13.7. The number of hydrogen-bond donors (Lipinski definition) is 0. The number of amides is 1. The van der Waals surface area contributed by atoms with Crippen LogP contribution in [0.1, 0.15) is 5.56 Å². The molecule has 1 aliphatic rings. The van der Waals surface area contributed by atoms with E-state index in [0.717, 1.165) is 0 Å². The Morgan fingerprint density at radius 3 is 2.23 bits per heavy atom. The average molecular weight is 434 g/mol. The summed E-state index contributed by atoms with van der Waals surface area (Å²) in [4.78, 5) is 14.2. The van der Waals surface area contributed by atoms with Crippen molar-refractivity contribution in [3.8, 4) is 11.5 Å². The van der Waals surface area contributed by atoms with Gasteiger partial charge in [-0.25, -0.2) is 12.8 Å². The van der Waals surface area contributed by atoms with E-state index in [4.69, 9.17) is 9.47 Å². The third kappa shape index (κ3) is 4.80. The summed E-state index contributed by atoms with van der Waals surface area (Å²) in [5.74, 6) is -0.0577. The fourth-order valence-corrected chi connectivity index (χ4v) is 4.53. The van der Waals surface area contributed by atoms with Gasteiger partial charge in [0.2, 0.25) is 15.9 Å². The van der Waals surface area contributed by atoms with Gasteiger partial charge < -0.3 is 14.4 Å². The standard InChI is InChI=1S/C21H23FN2O5S/c1-28-17-5-7-18(8-6-17)30(26,27)24-13-11-23(12-14-24)21(25)10-4-16-3-9-20(29-2)19(22)15-16/h3-10,15H,11-14H2,1-2H3/b10-4+. The summed E-state index contributed by atoms with van der Waals surface area (Å²) in [7, 11) is -0.740. The van der Waals surface area contributed by atoms with Crippen molar-refractivity contribution in [2.24, 2.45) is 0 Å². The van der Waals surface area contributed by atoms with Crippen molar-refractivity contribution in [2.45, 2.75) is 4.90 Å². The van der Waals surface area contributed by atoms with E-state index in [1.54, 1.807) is 23.1 Å². The number of hydrogen-bond acceptors (Lipinski definition) is 5. The van der Waals surface area contributed by atoms with Crippen LogP contribution >= 0.6 is 0 Å². The first kappa shape index (κ1) is 21.8. The molecule has 1 amide bonds. The number of nitrogens with zero attached hydrogens (tertiary/aromatic N) is 2. The van der Waals surface area contributed by atoms with Crippen molar-refractivity contribution in [3.63, 3.8) is 0 Å². The molecule has 1 aliphatic heterocycles. The zero-order valence-electron chi connectivity index (χ0n) is 16.7. The van der Waals surface area contributed by atoms with Gasteiger partial charge in [-0.3, -0.25) is 4.79 Å². The van der Waals surface area contributed by atoms with E-state index < -0.39 is 15.8 Å². The van der Waals surface area contributed by atoms with Gasteiger partial charge in [-0.15, -0.1) is 0 Å². The molecular weight excluding hydrogens is 411 g/mol. The number of carbonyl (C=O) groups excluding carboxylic acids is 1. The molecule has 2 aromatic rings. The molecule has 1 fully saturated rings. The smallest absolute Gasteiger partial charge is 0.246 e. The molecule has 0 aliphatic carbocycles. The zero-order chi connectivity index (χ0) is 21.7. The highest BCUT2D eigenvalue weighted by Gasteiger charge is 2.29. The van der Waals surface area contributed by atoms with Gasteiger partial charge in [-0.2, -0.15) is 4.31 Å². The fraction of sp³-hybridized carbons (Fsp3) is 0.286. The third-order valence-corrected chi connectivity index (χ3v) is 6.75. The van der Waals surface area contributed by atoms with Crippen LogP contribution in [0.25, 0.3) is 6.08 Å². The Balaban J connectivity index is 1.60. The van der Waals surface area contributed by atoms with E-state index in [-0.39, 0.29) is 42.7 Å². The number of ether oxygens (including phenoxy) is 2. The van der Waals surface area contributed by atoms with Crippen molar-refractivity contribution >= 4 is 22.0 Å². The molecular formula is C21H23FN2O5S. The minimum Gasteiger partial charge on any atom is -0.497 e. The monoisotopic (exact) mass is 434 g/mol. The van der Waals surface area contributed by atoms with Gasteiger partial charge in [-0.1, -0.05) is 6.07 Å². The predicted molar refractivity (Wildman–Crippen MR) is 110 cm³/mol. The molecule has 9 heteroatoms. The number of rotatable bonds is 6. The lowest BCUT2D eigenvalue weighted by molar-refractivity contribution is -0.127. The third-order valence-electron chi connectivity index (χ3n) is 4.84. The highest BCUT2D eigenvalue weighted by atomic mass is 32.2. The van der Waals surface area contributed by atoms with Crippen molar-refractivity contribution in [2.75, 3.05) is 40.4 Å². The van der Waals surface area contributed by atoms with Gasteiger partial charge in [0.05, 0.1) is 19.1 Å². The van der Waals surface area contributed by atoms with Crippen LogP contribution in [0.15, 0.2) is 53.4 Å². The fourth-order valence-electron chi connectivity index (χ4n) is 3.10. The highest BCUT2D eigenvalue weighted by molar-refractivity contribution is 7.89. The van der Waals surface area contributed by atoms with E-state index in [1.165, 1.54) is 54.9 Å². The Bertz CT molecular complexity index is 1030. The van der Waals surface area contributed by atoms with E-state index >= 15 is 0 Å². The molecule has 0 bridgehead atoms. The number of sulfonamides is 1. The van der Waals surface area contributed by atoms with Crippen molar-refractivity contribution < 1.29 is 27.1 Å². The highest BCUT2D eigenvalue weighted by Crippen LogP contribution is 2.21. The van der Waals surface area contributed by atoms with Gasteiger partial charge in [-0.05, 0) is 48.0 Å². The van der Waals surface area contributed by atoms with Crippen LogP contribution in [0, 0.1) is 5.82 Å². The Morgan fingerprint density at radius 1 is 1.00 bits per heavy atom. The summed E-state index contributed by atoms with van der Waals surface area (Å²) in [6.45, 7) is 0.946. The molecule has 3 rings (SSSR count). The maximum absolute atomic E-state index is 13.7.